The number of halogens is 1. The van der Waals surface area contributed by atoms with Crippen LogP contribution in [0.15, 0.2) is 53.0 Å². The zero-order chi connectivity index (χ0) is 15.1. The molecule has 2 nitrogen and oxygen atoms in total. The fraction of sp³-hybridized carbons (Fsp3) is 0.333. The van der Waals surface area contributed by atoms with E-state index in [4.69, 9.17) is 4.74 Å². The quantitative estimate of drug-likeness (QED) is 0.715. The highest BCUT2D eigenvalue weighted by Gasteiger charge is 1.99. The monoisotopic (exact) mass is 347 g/mol. The molecule has 0 aliphatic heterocycles. The van der Waals surface area contributed by atoms with Crippen LogP contribution in [0.25, 0.3) is 0 Å². The van der Waals surface area contributed by atoms with Crippen molar-refractivity contribution in [3.8, 4) is 5.75 Å². The molecule has 2 aromatic carbocycles. The predicted molar refractivity (Wildman–Crippen MR) is 92.9 cm³/mol. The van der Waals surface area contributed by atoms with E-state index in [0.717, 1.165) is 35.5 Å². The molecule has 0 radical (unpaired) electrons. The minimum absolute atomic E-state index is 0.679. The highest BCUT2D eigenvalue weighted by atomic mass is 79.9. The molecule has 0 aliphatic rings. The van der Waals surface area contributed by atoms with Gasteiger partial charge in [-0.1, -0.05) is 48.0 Å². The van der Waals surface area contributed by atoms with Gasteiger partial charge in [-0.3, -0.25) is 0 Å². The van der Waals surface area contributed by atoms with Gasteiger partial charge < -0.3 is 10.1 Å². The maximum Gasteiger partial charge on any atom is 0.119 e. The van der Waals surface area contributed by atoms with E-state index in [1.54, 1.807) is 0 Å². The first kappa shape index (κ1) is 15.9. The molecule has 2 aromatic rings. The Morgan fingerprint density at radius 3 is 2.52 bits per heavy atom. The second kappa shape index (κ2) is 8.08. The van der Waals surface area contributed by atoms with Crippen molar-refractivity contribution >= 4 is 21.6 Å². The van der Waals surface area contributed by atoms with Crippen LogP contribution < -0.4 is 10.1 Å². The van der Waals surface area contributed by atoms with Crippen LogP contribution in [0, 0.1) is 5.92 Å². The van der Waals surface area contributed by atoms with Gasteiger partial charge in [0.05, 0.1) is 6.61 Å². The number of benzene rings is 2. The van der Waals surface area contributed by atoms with Crippen LogP contribution in [0.3, 0.4) is 0 Å². The van der Waals surface area contributed by atoms with Crippen molar-refractivity contribution in [2.75, 3.05) is 11.9 Å². The molecule has 0 aromatic heterocycles. The van der Waals surface area contributed by atoms with Crippen molar-refractivity contribution in [2.45, 2.75) is 26.8 Å². The molecule has 0 spiro atoms. The fourth-order valence-corrected chi connectivity index (χ4v) is 2.32. The molecule has 0 saturated heterocycles. The summed E-state index contributed by atoms with van der Waals surface area (Å²) in [6, 6.07) is 16.5. The van der Waals surface area contributed by atoms with Crippen molar-refractivity contribution in [1.29, 1.82) is 0 Å². The minimum Gasteiger partial charge on any atom is -0.494 e. The average Bonchev–Trinajstić information content (AvgIpc) is 2.46. The first-order valence-electron chi connectivity index (χ1n) is 7.34. The van der Waals surface area contributed by atoms with Crippen molar-refractivity contribution in [3.63, 3.8) is 0 Å². The molecule has 0 heterocycles. The molecule has 0 fully saturated rings. The van der Waals surface area contributed by atoms with Gasteiger partial charge in [0, 0.05) is 16.7 Å². The van der Waals surface area contributed by atoms with E-state index >= 15 is 0 Å². The number of anilines is 1. The van der Waals surface area contributed by atoms with Crippen LogP contribution in [0.5, 0.6) is 5.75 Å². The lowest BCUT2D eigenvalue weighted by atomic mass is 10.1. The highest BCUT2D eigenvalue weighted by molar-refractivity contribution is 9.10. The first-order valence-corrected chi connectivity index (χ1v) is 8.14. The highest BCUT2D eigenvalue weighted by Crippen LogP contribution is 2.18. The van der Waals surface area contributed by atoms with Crippen molar-refractivity contribution in [1.82, 2.24) is 0 Å². The number of hydrogen-bond acceptors (Lipinski definition) is 2. The molecule has 0 amide bonds. The van der Waals surface area contributed by atoms with Crippen LogP contribution in [-0.2, 0) is 6.54 Å². The van der Waals surface area contributed by atoms with Gasteiger partial charge in [0.15, 0.2) is 0 Å². The summed E-state index contributed by atoms with van der Waals surface area (Å²) in [4.78, 5) is 0. The van der Waals surface area contributed by atoms with Gasteiger partial charge in [-0.2, -0.15) is 0 Å². The van der Waals surface area contributed by atoms with Crippen LogP contribution in [0.2, 0.25) is 0 Å². The summed E-state index contributed by atoms with van der Waals surface area (Å²) < 4.78 is 6.81. The summed E-state index contributed by atoms with van der Waals surface area (Å²) in [5.74, 6) is 1.63. The van der Waals surface area contributed by atoms with E-state index in [9.17, 15) is 0 Å². The van der Waals surface area contributed by atoms with Gasteiger partial charge in [0.2, 0.25) is 0 Å². The van der Waals surface area contributed by atoms with Crippen LogP contribution in [0.4, 0.5) is 5.69 Å². The van der Waals surface area contributed by atoms with Gasteiger partial charge in [-0.25, -0.2) is 0 Å². The van der Waals surface area contributed by atoms with E-state index in [0.29, 0.717) is 5.92 Å². The van der Waals surface area contributed by atoms with Gasteiger partial charge in [0.25, 0.3) is 0 Å². The summed E-state index contributed by atoms with van der Waals surface area (Å²) in [7, 11) is 0. The van der Waals surface area contributed by atoms with Crippen molar-refractivity contribution in [2.24, 2.45) is 5.92 Å². The van der Waals surface area contributed by atoms with Crippen molar-refractivity contribution < 1.29 is 4.74 Å². The van der Waals surface area contributed by atoms with E-state index < -0.39 is 0 Å². The summed E-state index contributed by atoms with van der Waals surface area (Å²) in [6.07, 6.45) is 1.09. The molecule has 0 saturated carbocycles. The van der Waals surface area contributed by atoms with Gasteiger partial charge in [-0.15, -0.1) is 0 Å². The zero-order valence-electron chi connectivity index (χ0n) is 12.6. The Hall–Kier alpha value is -1.48. The smallest absolute Gasteiger partial charge is 0.119 e. The first-order chi connectivity index (χ1) is 10.1. The second-order valence-electron chi connectivity index (χ2n) is 5.54. The molecular formula is C18H22BrNO. The van der Waals surface area contributed by atoms with Gasteiger partial charge >= 0.3 is 0 Å². The number of hydrogen-bond donors (Lipinski definition) is 1. The minimum atomic E-state index is 0.679. The Bertz CT molecular complexity index is 551. The maximum atomic E-state index is 5.72. The Morgan fingerprint density at radius 2 is 1.86 bits per heavy atom. The Labute approximate surface area is 135 Å². The lowest BCUT2D eigenvalue weighted by Crippen LogP contribution is -2.02. The molecule has 21 heavy (non-hydrogen) atoms. The number of nitrogens with one attached hydrogen (secondary N) is 1. The third-order valence-corrected chi connectivity index (χ3v) is 3.70. The second-order valence-corrected chi connectivity index (χ2v) is 6.45. The SMILES string of the molecule is CC(C)CCOc1ccc(CNc2cccc(Br)c2)cc1. The largest absolute Gasteiger partial charge is 0.494 e. The molecule has 2 rings (SSSR count). The molecule has 1 N–H and O–H groups in total. The summed E-state index contributed by atoms with van der Waals surface area (Å²) in [5, 5.41) is 3.41. The molecule has 0 aliphatic carbocycles. The molecule has 0 unspecified atom stereocenters. The van der Waals surface area contributed by atoms with Crippen LogP contribution in [0.1, 0.15) is 25.8 Å². The molecule has 0 bridgehead atoms. The maximum absolute atomic E-state index is 5.72. The number of rotatable bonds is 7. The topological polar surface area (TPSA) is 21.3 Å². The van der Waals surface area contributed by atoms with E-state index in [1.165, 1.54) is 5.56 Å². The lowest BCUT2D eigenvalue weighted by Gasteiger charge is -2.10. The lowest BCUT2D eigenvalue weighted by molar-refractivity contribution is 0.289. The molecule has 0 atom stereocenters. The van der Waals surface area contributed by atoms with Crippen LogP contribution in [-0.4, -0.2) is 6.61 Å². The Kier molecular flexibility index (Phi) is 6.12. The molecule has 3 heteroatoms. The summed E-state index contributed by atoms with van der Waals surface area (Å²) in [5.41, 5.74) is 2.35. The van der Waals surface area contributed by atoms with E-state index in [-0.39, 0.29) is 0 Å². The van der Waals surface area contributed by atoms with Gasteiger partial charge in [-0.05, 0) is 48.2 Å². The standard InChI is InChI=1S/C18H22BrNO/c1-14(2)10-11-21-18-8-6-15(7-9-18)13-20-17-5-3-4-16(19)12-17/h3-9,12,14,20H,10-11,13H2,1-2H3. The third-order valence-electron chi connectivity index (χ3n) is 3.21. The summed E-state index contributed by atoms with van der Waals surface area (Å²) >= 11 is 3.48. The Balaban J connectivity index is 1.82. The third kappa shape index (κ3) is 5.80. The molecule has 112 valence electrons. The van der Waals surface area contributed by atoms with E-state index in [2.05, 4.69) is 59.4 Å². The molecular weight excluding hydrogens is 326 g/mol. The predicted octanol–water partition coefficient (Wildman–Crippen LogP) is 5.49. The number of ether oxygens (including phenoxy) is 1. The normalized spacial score (nSPS) is 10.7. The Morgan fingerprint density at radius 1 is 1.10 bits per heavy atom. The zero-order valence-corrected chi connectivity index (χ0v) is 14.2. The van der Waals surface area contributed by atoms with Crippen LogP contribution >= 0.6 is 15.9 Å². The average molecular weight is 348 g/mol. The van der Waals surface area contributed by atoms with E-state index in [1.807, 2.05) is 24.3 Å². The fourth-order valence-electron chi connectivity index (χ4n) is 1.92. The van der Waals surface area contributed by atoms with Gasteiger partial charge in [0.1, 0.15) is 5.75 Å². The summed E-state index contributed by atoms with van der Waals surface area (Å²) in [6.45, 7) is 6.01. The van der Waals surface area contributed by atoms with Crippen molar-refractivity contribution in [3.05, 3.63) is 58.6 Å².